The third-order valence-electron chi connectivity index (χ3n) is 7.06. The SMILES string of the molecule is CC(C)c1nc(-c2cnc(N)c(C(F)(F)F)c2)cn1[C@@H]1[C@@H]2C[C@@H](N3CCOCC3)C[C@@H]21. The van der Waals surface area contributed by atoms with Gasteiger partial charge in [-0.15, -0.1) is 0 Å². The molecule has 3 aliphatic rings. The summed E-state index contributed by atoms with van der Waals surface area (Å²) in [5.41, 5.74) is 5.42. The first-order chi connectivity index (χ1) is 14.7. The Hall–Kier alpha value is -2.13. The molecule has 2 aromatic heterocycles. The first-order valence-corrected chi connectivity index (χ1v) is 11.0. The van der Waals surface area contributed by atoms with Crippen LogP contribution in [0.3, 0.4) is 0 Å². The molecule has 1 saturated heterocycles. The number of fused-ring (bicyclic) bond motifs is 1. The average Bonchev–Trinajstić information content (AvgIpc) is 3.09. The number of morpholine rings is 1. The average molecular weight is 435 g/mol. The van der Waals surface area contributed by atoms with E-state index in [0.29, 0.717) is 35.2 Å². The lowest BCUT2D eigenvalue weighted by Crippen LogP contribution is -2.43. The van der Waals surface area contributed by atoms with Crippen LogP contribution in [0.5, 0.6) is 0 Å². The number of anilines is 1. The lowest BCUT2D eigenvalue weighted by molar-refractivity contribution is -0.137. The molecule has 6 nitrogen and oxygen atoms in total. The van der Waals surface area contributed by atoms with Gasteiger partial charge in [0, 0.05) is 49.0 Å². The van der Waals surface area contributed by atoms with E-state index in [2.05, 4.69) is 28.3 Å². The van der Waals surface area contributed by atoms with E-state index in [1.54, 1.807) is 0 Å². The molecule has 9 heteroatoms. The summed E-state index contributed by atoms with van der Waals surface area (Å²) in [6, 6.07) is 2.07. The fourth-order valence-electron chi connectivity index (χ4n) is 5.49. The van der Waals surface area contributed by atoms with Gasteiger partial charge in [-0.25, -0.2) is 9.97 Å². The van der Waals surface area contributed by atoms with Crippen molar-refractivity contribution >= 4 is 5.82 Å². The van der Waals surface area contributed by atoms with Crippen LogP contribution < -0.4 is 5.73 Å². The van der Waals surface area contributed by atoms with Crippen molar-refractivity contribution in [2.75, 3.05) is 32.0 Å². The van der Waals surface area contributed by atoms with Crippen LogP contribution in [0.4, 0.5) is 19.0 Å². The number of nitrogens with two attached hydrogens (primary N) is 1. The number of alkyl halides is 3. The molecular formula is C22H28F3N5O. The van der Waals surface area contributed by atoms with Crippen molar-refractivity contribution in [3.8, 4) is 11.3 Å². The minimum absolute atomic E-state index is 0.175. The highest BCUT2D eigenvalue weighted by atomic mass is 19.4. The Morgan fingerprint density at radius 3 is 2.45 bits per heavy atom. The van der Waals surface area contributed by atoms with Crippen molar-refractivity contribution in [1.29, 1.82) is 0 Å². The second-order valence-corrected chi connectivity index (χ2v) is 9.29. The molecule has 0 unspecified atom stereocenters. The smallest absolute Gasteiger partial charge is 0.383 e. The van der Waals surface area contributed by atoms with Gasteiger partial charge in [0.25, 0.3) is 0 Å². The highest BCUT2D eigenvalue weighted by molar-refractivity contribution is 5.62. The van der Waals surface area contributed by atoms with Crippen LogP contribution in [0.25, 0.3) is 11.3 Å². The summed E-state index contributed by atoms with van der Waals surface area (Å²) in [7, 11) is 0. The quantitative estimate of drug-likeness (QED) is 0.788. The molecule has 168 valence electrons. The second kappa shape index (κ2) is 7.48. The molecule has 5 rings (SSSR count). The maximum Gasteiger partial charge on any atom is 0.419 e. The van der Waals surface area contributed by atoms with Gasteiger partial charge in [-0.3, -0.25) is 4.90 Å². The zero-order valence-electron chi connectivity index (χ0n) is 17.8. The Labute approximate surface area is 179 Å². The Morgan fingerprint density at radius 1 is 1.16 bits per heavy atom. The Bertz CT molecular complexity index is 955. The normalized spacial score (nSPS) is 28.8. The molecule has 2 saturated carbocycles. The first kappa shape index (κ1) is 20.8. The van der Waals surface area contributed by atoms with Gasteiger partial charge in [0.2, 0.25) is 0 Å². The van der Waals surface area contributed by atoms with Crippen molar-refractivity contribution in [2.45, 2.75) is 50.9 Å². The molecule has 4 atom stereocenters. The number of ether oxygens (including phenoxy) is 1. The molecule has 1 aliphatic heterocycles. The van der Waals surface area contributed by atoms with E-state index in [4.69, 9.17) is 15.5 Å². The third-order valence-corrected chi connectivity index (χ3v) is 7.06. The summed E-state index contributed by atoms with van der Waals surface area (Å²) in [5.74, 6) is 1.81. The van der Waals surface area contributed by atoms with Gasteiger partial charge in [0.1, 0.15) is 11.6 Å². The number of aromatic nitrogens is 3. The lowest BCUT2D eigenvalue weighted by Gasteiger charge is -2.33. The Kier molecular flexibility index (Phi) is 5.01. The van der Waals surface area contributed by atoms with Crippen molar-refractivity contribution < 1.29 is 17.9 Å². The molecule has 0 aromatic carbocycles. The molecule has 0 amide bonds. The van der Waals surface area contributed by atoms with Gasteiger partial charge in [-0.1, -0.05) is 13.8 Å². The fraction of sp³-hybridized carbons (Fsp3) is 0.636. The van der Waals surface area contributed by atoms with Crippen LogP contribution in [-0.4, -0.2) is 51.8 Å². The standard InChI is InChI=1S/C22H28F3N5O/c1-12(2)21-28-18(13-7-17(22(23,24)25)20(26)27-10-13)11-30(21)19-15-8-14(9-16(15)19)29-3-5-31-6-4-29/h7,10-12,14-16,19H,3-6,8-9H2,1-2H3,(H2,26,27)/t14-,15-,16+,19-. The minimum atomic E-state index is -4.54. The summed E-state index contributed by atoms with van der Waals surface area (Å²) in [4.78, 5) is 11.0. The molecule has 0 radical (unpaired) electrons. The van der Waals surface area contributed by atoms with Crippen LogP contribution >= 0.6 is 0 Å². The van der Waals surface area contributed by atoms with Crippen molar-refractivity contribution in [3.05, 3.63) is 29.8 Å². The zero-order chi connectivity index (χ0) is 21.9. The van der Waals surface area contributed by atoms with E-state index >= 15 is 0 Å². The molecule has 2 aliphatic carbocycles. The highest BCUT2D eigenvalue weighted by Crippen LogP contribution is 2.62. The van der Waals surface area contributed by atoms with Crippen LogP contribution in [0, 0.1) is 11.8 Å². The lowest BCUT2D eigenvalue weighted by atomic mass is 10.1. The molecule has 3 fully saturated rings. The van der Waals surface area contributed by atoms with E-state index in [9.17, 15) is 13.2 Å². The number of nitrogens with zero attached hydrogens (tertiary/aromatic N) is 4. The van der Waals surface area contributed by atoms with Gasteiger partial charge in [-0.05, 0) is 30.7 Å². The van der Waals surface area contributed by atoms with Crippen LogP contribution in [-0.2, 0) is 10.9 Å². The van der Waals surface area contributed by atoms with Crippen LogP contribution in [0.15, 0.2) is 18.5 Å². The molecule has 31 heavy (non-hydrogen) atoms. The summed E-state index contributed by atoms with van der Waals surface area (Å²) in [6.07, 6.45) is 1.08. The largest absolute Gasteiger partial charge is 0.419 e. The van der Waals surface area contributed by atoms with Crippen molar-refractivity contribution in [1.82, 2.24) is 19.4 Å². The van der Waals surface area contributed by atoms with Crippen molar-refractivity contribution in [3.63, 3.8) is 0 Å². The van der Waals surface area contributed by atoms with E-state index < -0.39 is 17.6 Å². The molecule has 0 bridgehead atoms. The fourth-order valence-corrected chi connectivity index (χ4v) is 5.49. The maximum absolute atomic E-state index is 13.3. The monoisotopic (exact) mass is 435 g/mol. The topological polar surface area (TPSA) is 69.2 Å². The number of rotatable bonds is 4. The van der Waals surface area contributed by atoms with Gasteiger partial charge >= 0.3 is 6.18 Å². The van der Waals surface area contributed by atoms with Crippen molar-refractivity contribution in [2.24, 2.45) is 11.8 Å². The number of hydrogen-bond acceptors (Lipinski definition) is 5. The molecule has 0 spiro atoms. The van der Waals surface area contributed by atoms with E-state index in [1.807, 2.05) is 6.20 Å². The summed E-state index contributed by atoms with van der Waals surface area (Å²) in [5, 5.41) is 0. The Morgan fingerprint density at radius 2 is 1.84 bits per heavy atom. The van der Waals surface area contributed by atoms with Gasteiger partial charge in [0.15, 0.2) is 0 Å². The van der Waals surface area contributed by atoms with Gasteiger partial charge in [-0.2, -0.15) is 13.2 Å². The molecular weight excluding hydrogens is 407 g/mol. The predicted molar refractivity (Wildman–Crippen MR) is 110 cm³/mol. The second-order valence-electron chi connectivity index (χ2n) is 9.29. The van der Waals surface area contributed by atoms with E-state index in [-0.39, 0.29) is 5.92 Å². The van der Waals surface area contributed by atoms with Crippen LogP contribution in [0.1, 0.15) is 50.0 Å². The predicted octanol–water partition coefficient (Wildman–Crippen LogP) is 3.95. The maximum atomic E-state index is 13.3. The third kappa shape index (κ3) is 3.71. The van der Waals surface area contributed by atoms with E-state index in [1.165, 1.54) is 19.0 Å². The summed E-state index contributed by atoms with van der Waals surface area (Å²) in [6.45, 7) is 7.78. The molecule has 3 heterocycles. The van der Waals surface area contributed by atoms with Gasteiger partial charge in [0.05, 0.1) is 24.5 Å². The zero-order valence-corrected chi connectivity index (χ0v) is 17.8. The number of hydrogen-bond donors (Lipinski definition) is 1. The minimum Gasteiger partial charge on any atom is -0.383 e. The number of nitrogen functional groups attached to an aromatic ring is 1. The van der Waals surface area contributed by atoms with E-state index in [0.717, 1.165) is 38.2 Å². The number of imidazole rings is 1. The summed E-state index contributed by atoms with van der Waals surface area (Å²) >= 11 is 0. The van der Waals surface area contributed by atoms with Crippen LogP contribution in [0.2, 0.25) is 0 Å². The Balaban J connectivity index is 1.39. The molecule has 2 aromatic rings. The number of pyridine rings is 1. The highest BCUT2D eigenvalue weighted by Gasteiger charge is 2.58. The first-order valence-electron chi connectivity index (χ1n) is 11.0. The summed E-state index contributed by atoms with van der Waals surface area (Å²) < 4.78 is 47.5. The number of halogens is 3. The molecule has 2 N–H and O–H groups in total. The van der Waals surface area contributed by atoms with Gasteiger partial charge < -0.3 is 15.0 Å².